The van der Waals surface area contributed by atoms with Crippen LogP contribution < -0.4 is 15.8 Å². The van der Waals surface area contributed by atoms with Gasteiger partial charge in [-0.1, -0.05) is 12.1 Å². The average molecular weight is 489 g/mol. The number of hydrogen-bond acceptors (Lipinski definition) is 7. The monoisotopic (exact) mass is 489 g/mol. The summed E-state index contributed by atoms with van der Waals surface area (Å²) in [6.07, 6.45) is -3.04. The maximum absolute atomic E-state index is 13.4. The molecule has 8 nitrogen and oxygen atoms in total. The van der Waals surface area contributed by atoms with Crippen molar-refractivity contribution < 1.29 is 17.6 Å². The summed E-state index contributed by atoms with van der Waals surface area (Å²) in [6.45, 7) is 0.999. The molecule has 0 aliphatic carbocycles. The van der Waals surface area contributed by atoms with Crippen molar-refractivity contribution in [2.24, 2.45) is 0 Å². The van der Waals surface area contributed by atoms with Crippen molar-refractivity contribution in [2.45, 2.75) is 18.1 Å². The van der Waals surface area contributed by atoms with Crippen LogP contribution in [0.1, 0.15) is 22.6 Å². The second-order valence-electron chi connectivity index (χ2n) is 8.45. The summed E-state index contributed by atoms with van der Waals surface area (Å²) < 4.78 is 51.9. The van der Waals surface area contributed by atoms with Crippen LogP contribution in [0, 0.1) is 11.2 Å². The van der Waals surface area contributed by atoms with Crippen LogP contribution in [0.4, 0.5) is 35.1 Å². The largest absolute Gasteiger partial charge is 0.417 e. The lowest BCUT2D eigenvalue weighted by Gasteiger charge is -2.25. The van der Waals surface area contributed by atoms with Gasteiger partial charge in [0, 0.05) is 37.5 Å². The molecule has 2 aromatic heterocycles. The zero-order valence-corrected chi connectivity index (χ0v) is 18.9. The van der Waals surface area contributed by atoms with Crippen LogP contribution in [0.5, 0.6) is 0 Å². The Morgan fingerprint density at radius 3 is 2.46 bits per heavy atom. The SMILES string of the molecule is CN(C)C1CN(c2nc(Nc3ccc(C(F)(F)F)cn3)c(C=N)c(=O)[nH]2)CC1c1ccc(F)cc1. The van der Waals surface area contributed by atoms with Crippen molar-refractivity contribution in [1.29, 1.82) is 5.41 Å². The fraction of sp³-hybridized carbons (Fsp3) is 0.304. The van der Waals surface area contributed by atoms with Crippen LogP contribution in [0.2, 0.25) is 0 Å². The van der Waals surface area contributed by atoms with Gasteiger partial charge in [0.05, 0.1) is 5.56 Å². The van der Waals surface area contributed by atoms with E-state index >= 15 is 0 Å². The summed E-state index contributed by atoms with van der Waals surface area (Å²) >= 11 is 0. The van der Waals surface area contributed by atoms with Crippen LogP contribution in [-0.2, 0) is 6.18 Å². The van der Waals surface area contributed by atoms with Gasteiger partial charge in [-0.25, -0.2) is 9.37 Å². The Morgan fingerprint density at radius 1 is 1.17 bits per heavy atom. The average Bonchev–Trinajstić information content (AvgIpc) is 3.25. The normalized spacial score (nSPS) is 18.2. The second kappa shape index (κ2) is 9.45. The molecule has 12 heteroatoms. The molecule has 4 rings (SSSR count). The van der Waals surface area contributed by atoms with Crippen LogP contribution in [0.3, 0.4) is 0 Å². The van der Waals surface area contributed by atoms with Gasteiger partial charge in [0.2, 0.25) is 5.95 Å². The van der Waals surface area contributed by atoms with Crippen molar-refractivity contribution in [2.75, 3.05) is 37.4 Å². The summed E-state index contributed by atoms with van der Waals surface area (Å²) in [7, 11) is 3.87. The molecule has 3 heterocycles. The third-order valence-electron chi connectivity index (χ3n) is 5.97. The lowest BCUT2D eigenvalue weighted by atomic mass is 9.94. The van der Waals surface area contributed by atoms with Gasteiger partial charge in [-0.05, 0) is 43.9 Å². The fourth-order valence-corrected chi connectivity index (χ4v) is 4.13. The predicted octanol–water partition coefficient (Wildman–Crippen LogP) is 3.60. The topological polar surface area (TPSA) is 101 Å². The fourth-order valence-electron chi connectivity index (χ4n) is 4.13. The molecule has 3 aromatic rings. The van der Waals surface area contributed by atoms with Crippen molar-refractivity contribution in [3.05, 3.63) is 75.5 Å². The van der Waals surface area contributed by atoms with Gasteiger partial charge in [-0.2, -0.15) is 18.2 Å². The van der Waals surface area contributed by atoms with Crippen LogP contribution in [-0.4, -0.2) is 59.3 Å². The first-order chi connectivity index (χ1) is 16.6. The van der Waals surface area contributed by atoms with Gasteiger partial charge in [0.15, 0.2) is 0 Å². The smallest absolute Gasteiger partial charge is 0.340 e. The first kappa shape index (κ1) is 24.3. The Bertz CT molecular complexity index is 1260. The Labute approximate surface area is 198 Å². The number of halogens is 4. The minimum atomic E-state index is -4.53. The molecule has 0 spiro atoms. The molecule has 1 saturated heterocycles. The first-order valence-electron chi connectivity index (χ1n) is 10.7. The number of hydrogen-bond donors (Lipinski definition) is 3. The lowest BCUT2D eigenvalue weighted by Crippen LogP contribution is -2.35. The van der Waals surface area contributed by atoms with E-state index in [1.54, 1.807) is 12.1 Å². The van der Waals surface area contributed by atoms with Crippen molar-refractivity contribution in [3.8, 4) is 0 Å². The molecule has 0 radical (unpaired) electrons. The van der Waals surface area contributed by atoms with E-state index in [2.05, 4.69) is 20.3 Å². The zero-order chi connectivity index (χ0) is 25.3. The van der Waals surface area contributed by atoms with E-state index in [-0.39, 0.29) is 40.9 Å². The summed E-state index contributed by atoms with van der Waals surface area (Å²) in [5, 5.41) is 10.3. The molecule has 1 fully saturated rings. The van der Waals surface area contributed by atoms with E-state index in [1.165, 1.54) is 12.1 Å². The van der Waals surface area contributed by atoms with Gasteiger partial charge in [0.1, 0.15) is 23.0 Å². The molecule has 2 atom stereocenters. The quantitative estimate of drug-likeness (QED) is 0.361. The van der Waals surface area contributed by atoms with Gasteiger partial charge < -0.3 is 20.5 Å². The van der Waals surface area contributed by atoms with Crippen LogP contribution in [0.25, 0.3) is 0 Å². The van der Waals surface area contributed by atoms with Crippen molar-refractivity contribution >= 4 is 23.8 Å². The molecule has 1 aliphatic heterocycles. The molecular formula is C23H23F4N7O. The summed E-state index contributed by atoms with van der Waals surface area (Å²) in [5.41, 5.74) is -0.633. The minimum absolute atomic E-state index is 0.00218. The van der Waals surface area contributed by atoms with Crippen LogP contribution in [0.15, 0.2) is 47.4 Å². The summed E-state index contributed by atoms with van der Waals surface area (Å²) in [4.78, 5) is 27.5. The minimum Gasteiger partial charge on any atom is -0.340 e. The highest BCUT2D eigenvalue weighted by molar-refractivity contribution is 5.85. The Hall–Kier alpha value is -3.80. The number of likely N-dealkylation sites (N-methyl/N-ethyl adjacent to an activating group) is 1. The highest BCUT2D eigenvalue weighted by Gasteiger charge is 2.36. The molecule has 184 valence electrons. The molecule has 2 unspecified atom stereocenters. The van der Waals surface area contributed by atoms with Gasteiger partial charge in [-0.3, -0.25) is 9.78 Å². The molecule has 3 N–H and O–H groups in total. The van der Waals surface area contributed by atoms with E-state index in [4.69, 9.17) is 5.41 Å². The molecule has 35 heavy (non-hydrogen) atoms. The van der Waals surface area contributed by atoms with E-state index < -0.39 is 17.3 Å². The van der Waals surface area contributed by atoms with Gasteiger partial charge in [-0.15, -0.1) is 0 Å². The number of nitrogens with one attached hydrogen (secondary N) is 3. The summed E-state index contributed by atoms with van der Waals surface area (Å²) in [5.74, 6) is -0.0387. The standard InChI is InChI=1S/C23H23F4N7O/c1-33(2)18-12-34(11-17(18)13-3-6-15(24)7-4-13)22-31-20(16(9-28)21(35)32-22)30-19-8-5-14(10-29-19)23(25,26)27/h3-10,17-18,28H,11-12H2,1-2H3,(H2,29,30,31,32,35). The maximum atomic E-state index is 13.4. The number of aromatic amines is 1. The Kier molecular flexibility index (Phi) is 6.57. The van der Waals surface area contributed by atoms with Crippen molar-refractivity contribution in [3.63, 3.8) is 0 Å². The lowest BCUT2D eigenvalue weighted by molar-refractivity contribution is -0.137. The van der Waals surface area contributed by atoms with Crippen molar-refractivity contribution in [1.82, 2.24) is 19.9 Å². The number of alkyl halides is 3. The number of rotatable bonds is 6. The Morgan fingerprint density at radius 2 is 1.89 bits per heavy atom. The number of aromatic nitrogens is 3. The molecule has 0 amide bonds. The predicted molar refractivity (Wildman–Crippen MR) is 124 cm³/mol. The van der Waals surface area contributed by atoms with E-state index in [0.717, 1.165) is 23.9 Å². The van der Waals surface area contributed by atoms with E-state index in [1.807, 2.05) is 23.9 Å². The summed E-state index contributed by atoms with van der Waals surface area (Å²) in [6, 6.07) is 8.31. The molecule has 0 bridgehead atoms. The zero-order valence-electron chi connectivity index (χ0n) is 18.9. The van der Waals surface area contributed by atoms with E-state index in [0.29, 0.717) is 19.3 Å². The molecule has 1 aliphatic rings. The number of pyridine rings is 1. The Balaban J connectivity index is 1.65. The number of benzene rings is 1. The highest BCUT2D eigenvalue weighted by Crippen LogP contribution is 2.33. The maximum Gasteiger partial charge on any atom is 0.417 e. The third-order valence-corrected chi connectivity index (χ3v) is 5.97. The molecule has 1 aromatic carbocycles. The first-order valence-corrected chi connectivity index (χ1v) is 10.7. The second-order valence-corrected chi connectivity index (χ2v) is 8.45. The van der Waals surface area contributed by atoms with Gasteiger partial charge >= 0.3 is 6.18 Å². The van der Waals surface area contributed by atoms with E-state index in [9.17, 15) is 22.4 Å². The number of H-pyrrole nitrogens is 1. The van der Waals surface area contributed by atoms with Gasteiger partial charge in [0.25, 0.3) is 5.56 Å². The number of anilines is 3. The third kappa shape index (κ3) is 5.16. The number of nitrogens with zero attached hydrogens (tertiary/aromatic N) is 4. The van der Waals surface area contributed by atoms with Crippen LogP contribution >= 0.6 is 0 Å². The highest BCUT2D eigenvalue weighted by atomic mass is 19.4. The molecule has 0 saturated carbocycles. The molecular weight excluding hydrogens is 466 g/mol.